The molecule has 0 aliphatic carbocycles. The number of hydrogen-bond acceptors (Lipinski definition) is 7. The zero-order valence-electron chi connectivity index (χ0n) is 11.9. The predicted molar refractivity (Wildman–Crippen MR) is 79.0 cm³/mol. The van der Waals surface area contributed by atoms with Gasteiger partial charge in [0.25, 0.3) is 0 Å². The number of nitriles is 1. The van der Waals surface area contributed by atoms with Gasteiger partial charge < -0.3 is 15.8 Å². The summed E-state index contributed by atoms with van der Waals surface area (Å²) < 4.78 is 5.41. The molecule has 0 bridgehead atoms. The number of anilines is 3. The SMILES string of the molecule is CC(C)Oc1nc(N)nc(Nc2ccc(CC#N)cc2)n1. The highest BCUT2D eigenvalue weighted by Gasteiger charge is 2.07. The Labute approximate surface area is 122 Å². The minimum atomic E-state index is -0.0510. The van der Waals surface area contributed by atoms with E-state index in [9.17, 15) is 0 Å². The predicted octanol–water partition coefficient (Wildman–Crippen LogP) is 2.05. The number of benzene rings is 1. The van der Waals surface area contributed by atoms with Gasteiger partial charge in [0.2, 0.25) is 11.9 Å². The molecule has 2 rings (SSSR count). The molecule has 1 aromatic heterocycles. The zero-order chi connectivity index (χ0) is 15.2. The van der Waals surface area contributed by atoms with E-state index in [4.69, 9.17) is 15.7 Å². The Kier molecular flexibility index (Phi) is 4.51. The van der Waals surface area contributed by atoms with Crippen LogP contribution in [0.4, 0.5) is 17.6 Å². The second kappa shape index (κ2) is 6.52. The average Bonchev–Trinajstić information content (AvgIpc) is 2.40. The normalized spacial score (nSPS) is 10.2. The number of nitrogen functional groups attached to an aromatic ring is 1. The van der Waals surface area contributed by atoms with Gasteiger partial charge in [0.15, 0.2) is 0 Å². The monoisotopic (exact) mass is 284 g/mol. The molecule has 0 spiro atoms. The van der Waals surface area contributed by atoms with Gasteiger partial charge in [-0.25, -0.2) is 0 Å². The van der Waals surface area contributed by atoms with Crippen LogP contribution in [0.25, 0.3) is 0 Å². The summed E-state index contributed by atoms with van der Waals surface area (Å²) in [4.78, 5) is 12.1. The first-order valence-corrected chi connectivity index (χ1v) is 6.48. The van der Waals surface area contributed by atoms with Crippen molar-refractivity contribution in [2.75, 3.05) is 11.1 Å². The van der Waals surface area contributed by atoms with Gasteiger partial charge in [0.05, 0.1) is 18.6 Å². The average molecular weight is 284 g/mol. The van der Waals surface area contributed by atoms with Crippen molar-refractivity contribution in [1.82, 2.24) is 15.0 Å². The van der Waals surface area contributed by atoms with Gasteiger partial charge in [-0.2, -0.15) is 20.2 Å². The summed E-state index contributed by atoms with van der Waals surface area (Å²) in [5, 5.41) is 11.7. The van der Waals surface area contributed by atoms with E-state index in [1.54, 1.807) is 0 Å². The number of hydrogen-bond donors (Lipinski definition) is 2. The lowest BCUT2D eigenvalue weighted by atomic mass is 10.1. The van der Waals surface area contributed by atoms with Crippen LogP contribution in [0.3, 0.4) is 0 Å². The second-order valence-electron chi connectivity index (χ2n) is 4.62. The fourth-order valence-electron chi connectivity index (χ4n) is 1.62. The number of aromatic nitrogens is 3. The third-order valence-corrected chi connectivity index (χ3v) is 2.47. The van der Waals surface area contributed by atoms with Gasteiger partial charge in [-0.3, -0.25) is 0 Å². The summed E-state index contributed by atoms with van der Waals surface area (Å²) in [7, 11) is 0. The molecule has 21 heavy (non-hydrogen) atoms. The Hall–Kier alpha value is -2.88. The molecular formula is C14H16N6O. The molecule has 0 fully saturated rings. The van der Waals surface area contributed by atoms with Gasteiger partial charge in [-0.05, 0) is 31.5 Å². The highest BCUT2D eigenvalue weighted by molar-refractivity contribution is 5.54. The van der Waals surface area contributed by atoms with Crippen LogP contribution in [0, 0.1) is 11.3 Å². The minimum Gasteiger partial charge on any atom is -0.461 e. The molecule has 0 radical (unpaired) electrons. The van der Waals surface area contributed by atoms with Crippen LogP contribution in [0.15, 0.2) is 24.3 Å². The van der Waals surface area contributed by atoms with Crippen molar-refractivity contribution in [3.05, 3.63) is 29.8 Å². The fraction of sp³-hybridized carbons (Fsp3) is 0.286. The van der Waals surface area contributed by atoms with E-state index in [0.717, 1.165) is 11.3 Å². The molecule has 7 heteroatoms. The lowest BCUT2D eigenvalue weighted by Crippen LogP contribution is -2.11. The van der Waals surface area contributed by atoms with Crippen LogP contribution < -0.4 is 15.8 Å². The van der Waals surface area contributed by atoms with Gasteiger partial charge in [-0.15, -0.1) is 0 Å². The van der Waals surface area contributed by atoms with E-state index >= 15 is 0 Å². The molecule has 0 saturated heterocycles. The highest BCUT2D eigenvalue weighted by atomic mass is 16.5. The molecule has 0 aliphatic rings. The fourth-order valence-corrected chi connectivity index (χ4v) is 1.62. The summed E-state index contributed by atoms with van der Waals surface area (Å²) in [6.07, 6.45) is 0.329. The Morgan fingerprint density at radius 3 is 2.57 bits per heavy atom. The summed E-state index contributed by atoms with van der Waals surface area (Å²) in [5.41, 5.74) is 7.37. The first-order chi connectivity index (χ1) is 10.1. The van der Waals surface area contributed by atoms with Crippen LogP contribution in [0.2, 0.25) is 0 Å². The number of ether oxygens (including phenoxy) is 1. The lowest BCUT2D eigenvalue weighted by Gasteiger charge is -2.10. The standard InChI is InChI=1S/C14H16N6O/c1-9(2)21-14-19-12(16)18-13(20-14)17-11-5-3-10(4-6-11)7-8-15/h3-6,9H,7H2,1-2H3,(H3,16,17,18,19,20). The first-order valence-electron chi connectivity index (χ1n) is 6.48. The maximum Gasteiger partial charge on any atom is 0.323 e. The summed E-state index contributed by atoms with van der Waals surface area (Å²) in [5.74, 6) is 0.399. The van der Waals surface area contributed by atoms with Crippen LogP contribution >= 0.6 is 0 Å². The third-order valence-electron chi connectivity index (χ3n) is 2.47. The quantitative estimate of drug-likeness (QED) is 0.864. The summed E-state index contributed by atoms with van der Waals surface area (Å²) in [6, 6.07) is 9.69. The number of nitrogens with two attached hydrogens (primary N) is 1. The molecule has 0 unspecified atom stereocenters. The third kappa shape index (κ3) is 4.31. The van der Waals surface area contributed by atoms with Crippen LogP contribution in [-0.2, 0) is 6.42 Å². The molecule has 0 amide bonds. The Balaban J connectivity index is 2.15. The Bertz CT molecular complexity index is 648. The lowest BCUT2D eigenvalue weighted by molar-refractivity contribution is 0.222. The summed E-state index contributed by atoms with van der Waals surface area (Å²) >= 11 is 0. The maximum absolute atomic E-state index is 8.64. The molecular weight excluding hydrogens is 268 g/mol. The number of nitrogens with zero attached hydrogens (tertiary/aromatic N) is 4. The minimum absolute atomic E-state index is 0.0510. The van der Waals surface area contributed by atoms with Crippen LogP contribution in [0.1, 0.15) is 19.4 Å². The Morgan fingerprint density at radius 2 is 1.95 bits per heavy atom. The smallest absolute Gasteiger partial charge is 0.323 e. The van der Waals surface area contributed by atoms with Crippen molar-refractivity contribution in [3.8, 4) is 12.1 Å². The summed E-state index contributed by atoms with van der Waals surface area (Å²) in [6.45, 7) is 3.75. The van der Waals surface area contributed by atoms with E-state index in [1.165, 1.54) is 0 Å². The molecule has 0 atom stereocenters. The number of nitrogens with one attached hydrogen (secondary N) is 1. The first kappa shape index (κ1) is 14.5. The van der Waals surface area contributed by atoms with Crippen molar-refractivity contribution in [3.63, 3.8) is 0 Å². The zero-order valence-corrected chi connectivity index (χ0v) is 11.9. The van der Waals surface area contributed by atoms with E-state index in [2.05, 4.69) is 26.3 Å². The van der Waals surface area contributed by atoms with Crippen LogP contribution in [0.5, 0.6) is 6.01 Å². The highest BCUT2D eigenvalue weighted by Crippen LogP contribution is 2.17. The molecule has 0 aliphatic heterocycles. The topological polar surface area (TPSA) is 110 Å². The molecule has 108 valence electrons. The van der Waals surface area contributed by atoms with Gasteiger partial charge in [0.1, 0.15) is 0 Å². The van der Waals surface area contributed by atoms with Crippen LogP contribution in [-0.4, -0.2) is 21.1 Å². The molecule has 2 aromatic rings. The Morgan fingerprint density at radius 1 is 1.24 bits per heavy atom. The van der Waals surface area contributed by atoms with Crippen molar-refractivity contribution in [2.24, 2.45) is 0 Å². The largest absolute Gasteiger partial charge is 0.461 e. The molecule has 1 heterocycles. The maximum atomic E-state index is 8.64. The van der Waals surface area contributed by atoms with E-state index in [0.29, 0.717) is 12.4 Å². The van der Waals surface area contributed by atoms with Crippen molar-refractivity contribution in [2.45, 2.75) is 26.4 Å². The molecule has 1 aromatic carbocycles. The van der Waals surface area contributed by atoms with Crippen molar-refractivity contribution < 1.29 is 4.74 Å². The molecule has 0 saturated carbocycles. The van der Waals surface area contributed by atoms with E-state index in [1.807, 2.05) is 38.1 Å². The van der Waals surface area contributed by atoms with Gasteiger partial charge >= 0.3 is 6.01 Å². The van der Waals surface area contributed by atoms with Crippen molar-refractivity contribution in [1.29, 1.82) is 5.26 Å². The number of rotatable bonds is 5. The molecule has 7 nitrogen and oxygen atoms in total. The second-order valence-corrected chi connectivity index (χ2v) is 4.62. The van der Waals surface area contributed by atoms with E-state index in [-0.39, 0.29) is 18.1 Å². The van der Waals surface area contributed by atoms with Gasteiger partial charge in [-0.1, -0.05) is 12.1 Å². The van der Waals surface area contributed by atoms with Crippen molar-refractivity contribution >= 4 is 17.6 Å². The molecule has 3 N–H and O–H groups in total. The van der Waals surface area contributed by atoms with Gasteiger partial charge in [0, 0.05) is 5.69 Å². The van der Waals surface area contributed by atoms with E-state index < -0.39 is 0 Å².